The van der Waals surface area contributed by atoms with Crippen molar-refractivity contribution in [1.82, 2.24) is 5.32 Å². The molecular formula is C12H21NO4. The molecule has 0 saturated carbocycles. The monoisotopic (exact) mass is 243 g/mol. The number of aliphatic carboxylic acids is 1. The van der Waals surface area contributed by atoms with Crippen LogP contribution in [-0.4, -0.2) is 49.6 Å². The Bertz CT molecular complexity index is 257. The molecule has 0 aromatic rings. The molecule has 0 bridgehead atoms. The van der Waals surface area contributed by atoms with Crippen LogP contribution < -0.4 is 5.32 Å². The third-order valence-corrected chi connectivity index (χ3v) is 3.74. The van der Waals surface area contributed by atoms with E-state index in [1.54, 1.807) is 0 Å². The van der Waals surface area contributed by atoms with Crippen LogP contribution in [0.15, 0.2) is 0 Å². The first-order valence-electron chi connectivity index (χ1n) is 6.37. The summed E-state index contributed by atoms with van der Waals surface area (Å²) < 4.78 is 10.6. The summed E-state index contributed by atoms with van der Waals surface area (Å²) in [5.41, 5.74) is -0.782. The predicted molar refractivity (Wildman–Crippen MR) is 62.0 cm³/mol. The Morgan fingerprint density at radius 3 is 2.65 bits per heavy atom. The molecule has 5 heteroatoms. The van der Waals surface area contributed by atoms with Gasteiger partial charge in [0.05, 0.1) is 6.61 Å². The van der Waals surface area contributed by atoms with Gasteiger partial charge in [0, 0.05) is 26.4 Å². The summed E-state index contributed by atoms with van der Waals surface area (Å²) in [5, 5.41) is 12.6. The number of carboxylic acids is 1. The molecule has 2 N–H and O–H groups in total. The van der Waals surface area contributed by atoms with Crippen LogP contribution in [0.5, 0.6) is 0 Å². The maximum atomic E-state index is 11.4. The standard InChI is InChI=1S/C12H21NO4/c14-11(15)12(3-6-16-7-4-12)13-8-10-2-1-5-17-9-10/h10,13H,1-9H2,(H,14,15). The van der Waals surface area contributed by atoms with Crippen LogP contribution >= 0.6 is 0 Å². The van der Waals surface area contributed by atoms with Crippen LogP contribution in [-0.2, 0) is 14.3 Å². The van der Waals surface area contributed by atoms with E-state index in [0.29, 0.717) is 32.0 Å². The Labute approximate surface area is 101 Å². The molecule has 1 atom stereocenters. The zero-order valence-electron chi connectivity index (χ0n) is 10.1. The van der Waals surface area contributed by atoms with E-state index in [-0.39, 0.29) is 0 Å². The van der Waals surface area contributed by atoms with Crippen LogP contribution in [0.1, 0.15) is 25.7 Å². The van der Waals surface area contributed by atoms with Crippen molar-refractivity contribution < 1.29 is 19.4 Å². The number of hydrogen-bond acceptors (Lipinski definition) is 4. The van der Waals surface area contributed by atoms with E-state index in [4.69, 9.17) is 9.47 Å². The molecule has 0 radical (unpaired) electrons. The maximum absolute atomic E-state index is 11.4. The third kappa shape index (κ3) is 3.18. The van der Waals surface area contributed by atoms with Gasteiger partial charge in [-0.3, -0.25) is 4.79 Å². The van der Waals surface area contributed by atoms with E-state index in [0.717, 1.165) is 32.6 Å². The Balaban J connectivity index is 1.86. The van der Waals surface area contributed by atoms with Gasteiger partial charge in [-0.1, -0.05) is 0 Å². The van der Waals surface area contributed by atoms with E-state index in [9.17, 15) is 9.90 Å². The van der Waals surface area contributed by atoms with Gasteiger partial charge in [-0.25, -0.2) is 0 Å². The van der Waals surface area contributed by atoms with Gasteiger partial charge < -0.3 is 19.9 Å². The van der Waals surface area contributed by atoms with Crippen molar-refractivity contribution in [2.24, 2.45) is 5.92 Å². The second-order valence-corrected chi connectivity index (χ2v) is 4.96. The van der Waals surface area contributed by atoms with Gasteiger partial charge in [0.2, 0.25) is 0 Å². The Morgan fingerprint density at radius 2 is 2.06 bits per heavy atom. The van der Waals surface area contributed by atoms with Crippen molar-refractivity contribution in [3.63, 3.8) is 0 Å². The Hall–Kier alpha value is -0.650. The smallest absolute Gasteiger partial charge is 0.324 e. The zero-order valence-corrected chi connectivity index (χ0v) is 10.1. The number of rotatable bonds is 4. The molecule has 2 aliphatic heterocycles. The van der Waals surface area contributed by atoms with Gasteiger partial charge in [0.25, 0.3) is 0 Å². The second kappa shape index (κ2) is 5.80. The first kappa shape index (κ1) is 12.8. The van der Waals surface area contributed by atoms with Gasteiger partial charge in [0.15, 0.2) is 0 Å². The first-order valence-corrected chi connectivity index (χ1v) is 6.37. The molecule has 98 valence electrons. The van der Waals surface area contributed by atoms with E-state index >= 15 is 0 Å². The van der Waals surface area contributed by atoms with Crippen molar-refractivity contribution in [3.8, 4) is 0 Å². The number of carbonyl (C=O) groups is 1. The maximum Gasteiger partial charge on any atom is 0.324 e. The van der Waals surface area contributed by atoms with Crippen LogP contribution in [0.4, 0.5) is 0 Å². The second-order valence-electron chi connectivity index (χ2n) is 4.96. The van der Waals surface area contributed by atoms with Gasteiger partial charge in [-0.05, 0) is 31.6 Å². The number of hydrogen-bond donors (Lipinski definition) is 2. The quantitative estimate of drug-likeness (QED) is 0.758. The molecule has 2 heterocycles. The SMILES string of the molecule is O=C(O)C1(NCC2CCCOC2)CCOCC1. The molecule has 0 spiro atoms. The molecule has 0 aliphatic carbocycles. The fraction of sp³-hybridized carbons (Fsp3) is 0.917. The topological polar surface area (TPSA) is 67.8 Å². The van der Waals surface area contributed by atoms with Crippen LogP contribution in [0.25, 0.3) is 0 Å². The third-order valence-electron chi connectivity index (χ3n) is 3.74. The summed E-state index contributed by atoms with van der Waals surface area (Å²) in [6.45, 7) is 3.38. The lowest BCUT2D eigenvalue weighted by Crippen LogP contribution is -2.56. The summed E-state index contributed by atoms with van der Waals surface area (Å²) in [4.78, 5) is 11.4. The van der Waals surface area contributed by atoms with Gasteiger partial charge in [-0.2, -0.15) is 0 Å². The number of ether oxygens (including phenoxy) is 2. The highest BCUT2D eigenvalue weighted by molar-refractivity contribution is 5.78. The molecule has 0 aromatic carbocycles. The van der Waals surface area contributed by atoms with Gasteiger partial charge in [0.1, 0.15) is 5.54 Å². The van der Waals surface area contributed by atoms with E-state index < -0.39 is 11.5 Å². The largest absolute Gasteiger partial charge is 0.480 e. The summed E-state index contributed by atoms with van der Waals surface area (Å²) in [7, 11) is 0. The molecule has 17 heavy (non-hydrogen) atoms. The predicted octanol–water partition coefficient (Wildman–Crippen LogP) is 0.636. The van der Waals surface area contributed by atoms with E-state index in [2.05, 4.69) is 5.32 Å². The zero-order chi connectivity index (χ0) is 12.1. The fourth-order valence-electron chi connectivity index (χ4n) is 2.49. The lowest BCUT2D eigenvalue weighted by Gasteiger charge is -2.36. The van der Waals surface area contributed by atoms with Crippen molar-refractivity contribution in [1.29, 1.82) is 0 Å². The molecule has 5 nitrogen and oxygen atoms in total. The van der Waals surface area contributed by atoms with E-state index in [1.165, 1.54) is 0 Å². The van der Waals surface area contributed by atoms with Crippen molar-refractivity contribution in [3.05, 3.63) is 0 Å². The molecule has 1 unspecified atom stereocenters. The molecule has 2 saturated heterocycles. The van der Waals surface area contributed by atoms with Crippen LogP contribution in [0.3, 0.4) is 0 Å². The highest BCUT2D eigenvalue weighted by Gasteiger charge is 2.40. The molecule has 0 aromatic heterocycles. The van der Waals surface area contributed by atoms with Crippen molar-refractivity contribution in [2.75, 3.05) is 33.0 Å². The highest BCUT2D eigenvalue weighted by Crippen LogP contribution is 2.22. The fourth-order valence-corrected chi connectivity index (χ4v) is 2.49. The number of carboxylic acid groups (broad SMARTS) is 1. The normalized spacial score (nSPS) is 28.8. The summed E-state index contributed by atoms with van der Waals surface area (Å²) in [5.74, 6) is -0.305. The molecule has 2 rings (SSSR count). The minimum atomic E-state index is -0.782. The highest BCUT2D eigenvalue weighted by atomic mass is 16.5. The Morgan fingerprint density at radius 1 is 1.29 bits per heavy atom. The van der Waals surface area contributed by atoms with Crippen LogP contribution in [0.2, 0.25) is 0 Å². The summed E-state index contributed by atoms with van der Waals surface area (Å²) in [6.07, 6.45) is 3.31. The lowest BCUT2D eigenvalue weighted by molar-refractivity contribution is -0.149. The minimum absolute atomic E-state index is 0.447. The van der Waals surface area contributed by atoms with Gasteiger partial charge >= 0.3 is 5.97 Å². The average molecular weight is 243 g/mol. The molecular weight excluding hydrogens is 222 g/mol. The number of nitrogens with one attached hydrogen (secondary N) is 1. The molecule has 2 fully saturated rings. The summed E-state index contributed by atoms with van der Waals surface area (Å²) in [6, 6.07) is 0. The average Bonchev–Trinajstić information content (AvgIpc) is 2.38. The van der Waals surface area contributed by atoms with Crippen molar-refractivity contribution >= 4 is 5.97 Å². The van der Waals surface area contributed by atoms with E-state index in [1.807, 2.05) is 0 Å². The molecule has 0 amide bonds. The molecule has 2 aliphatic rings. The van der Waals surface area contributed by atoms with Gasteiger partial charge in [-0.15, -0.1) is 0 Å². The van der Waals surface area contributed by atoms with Crippen LogP contribution in [0, 0.1) is 5.92 Å². The summed E-state index contributed by atoms with van der Waals surface area (Å²) >= 11 is 0. The lowest BCUT2D eigenvalue weighted by atomic mass is 9.89. The first-order chi connectivity index (χ1) is 8.23. The minimum Gasteiger partial charge on any atom is -0.480 e. The van der Waals surface area contributed by atoms with Crippen molar-refractivity contribution in [2.45, 2.75) is 31.2 Å². The Kier molecular flexibility index (Phi) is 4.36.